The Bertz CT molecular complexity index is 1170. The molecule has 3 atom stereocenters. The fraction of sp³-hybridized carbons (Fsp3) is 0.593. The van der Waals surface area contributed by atoms with Crippen LogP contribution in [0.3, 0.4) is 0 Å². The minimum atomic E-state index is -3.18. The number of aromatic nitrogens is 2. The summed E-state index contributed by atoms with van der Waals surface area (Å²) in [5.41, 5.74) is 6.38. The third kappa shape index (κ3) is 5.55. The molecule has 0 bridgehead atoms. The molecule has 2 saturated heterocycles. The van der Waals surface area contributed by atoms with Crippen molar-refractivity contribution in [2.75, 3.05) is 19.6 Å². The molecular weight excluding hydrogens is 591 g/mol. The minimum absolute atomic E-state index is 0.0334. The van der Waals surface area contributed by atoms with Crippen LogP contribution in [0, 0.1) is 11.3 Å². The summed E-state index contributed by atoms with van der Waals surface area (Å²) in [5, 5.41) is 0. The summed E-state index contributed by atoms with van der Waals surface area (Å²) in [5.74, 6) is 0.184. The third-order valence-electron chi connectivity index (χ3n) is 8.65. The first-order valence-corrected chi connectivity index (χ1v) is 14.2. The molecule has 5 rings (SSSR count). The lowest BCUT2D eigenvalue weighted by atomic mass is 9.69. The average Bonchev–Trinajstić information content (AvgIpc) is 3.34. The number of piperidine rings is 2. The molecule has 2 N–H and O–H groups in total. The fourth-order valence-electron chi connectivity index (χ4n) is 6.65. The van der Waals surface area contributed by atoms with E-state index in [1.54, 1.807) is 0 Å². The molecule has 37 heavy (non-hydrogen) atoms. The van der Waals surface area contributed by atoms with Crippen molar-refractivity contribution in [3.05, 3.63) is 64.3 Å². The van der Waals surface area contributed by atoms with Crippen LogP contribution in [-0.4, -0.2) is 51.1 Å². The molecular formula is C27H34F2IN5O2. The zero-order valence-corrected chi connectivity index (χ0v) is 23.0. The van der Waals surface area contributed by atoms with E-state index in [0.29, 0.717) is 26.2 Å². The Morgan fingerprint density at radius 3 is 2.57 bits per heavy atom. The number of hydrogen-bond acceptors (Lipinski definition) is 4. The Balaban J connectivity index is 1.34. The van der Waals surface area contributed by atoms with Crippen molar-refractivity contribution >= 4 is 28.6 Å². The highest BCUT2D eigenvalue weighted by Crippen LogP contribution is 2.49. The zero-order chi connectivity index (χ0) is 26.2. The molecule has 2 aliphatic heterocycles. The summed E-state index contributed by atoms with van der Waals surface area (Å²) in [7, 11) is 0. The molecule has 200 valence electrons. The van der Waals surface area contributed by atoms with Gasteiger partial charge in [0.15, 0.2) is 0 Å². The van der Waals surface area contributed by atoms with Gasteiger partial charge in [-0.2, -0.15) is 8.78 Å². The Morgan fingerprint density at radius 1 is 1.16 bits per heavy atom. The SMILES string of the molecule is N[C@@H]1CCN(C(=O)N2CCC(Cn3cnc(C(F)(F)I)cc3=O)C3(CCCC3)C2)[C@H](c2ccccc2)C1. The number of hydrogen-bond donors (Lipinski definition) is 1. The van der Waals surface area contributed by atoms with Gasteiger partial charge in [-0.1, -0.05) is 43.2 Å². The van der Waals surface area contributed by atoms with E-state index in [0.717, 1.165) is 79.2 Å². The van der Waals surface area contributed by atoms with Gasteiger partial charge < -0.3 is 15.5 Å². The maximum Gasteiger partial charge on any atom is 0.338 e. The number of halogens is 3. The largest absolute Gasteiger partial charge is 0.338 e. The summed E-state index contributed by atoms with van der Waals surface area (Å²) >= 11 is 0.992. The van der Waals surface area contributed by atoms with Gasteiger partial charge in [0.25, 0.3) is 5.56 Å². The standard InChI is InChI=1S/C27H34F2IN5O2/c28-27(29,30)23-15-24(36)34(18-32-23)16-20-8-12-33(17-26(20)10-4-5-11-26)25(37)35-13-9-21(31)14-22(35)19-6-2-1-3-7-19/h1-3,6-7,15,18,20-22H,4-5,8-14,16-17,31H2/t20?,21-,22+/m1/s1. The number of carbonyl (C=O) groups excluding carboxylic acids is 1. The van der Waals surface area contributed by atoms with Gasteiger partial charge in [0.2, 0.25) is 0 Å². The lowest BCUT2D eigenvalue weighted by Gasteiger charge is -2.49. The van der Waals surface area contributed by atoms with E-state index in [1.807, 2.05) is 28.0 Å². The van der Waals surface area contributed by atoms with Crippen molar-refractivity contribution in [2.45, 2.75) is 67.5 Å². The summed E-state index contributed by atoms with van der Waals surface area (Å²) in [6.07, 6.45) is 7.75. The van der Waals surface area contributed by atoms with E-state index < -0.39 is 15.2 Å². The number of carbonyl (C=O) groups is 1. The van der Waals surface area contributed by atoms with E-state index in [2.05, 4.69) is 17.1 Å². The van der Waals surface area contributed by atoms with Crippen molar-refractivity contribution in [1.29, 1.82) is 0 Å². The summed E-state index contributed by atoms with van der Waals surface area (Å²) in [6.45, 7) is 2.35. The first kappa shape index (κ1) is 26.5. The van der Waals surface area contributed by atoms with Crippen LogP contribution in [0.2, 0.25) is 0 Å². The van der Waals surface area contributed by atoms with Gasteiger partial charge in [0, 0.05) is 60.9 Å². The number of nitrogens with zero attached hydrogens (tertiary/aromatic N) is 4. The summed E-state index contributed by atoms with van der Waals surface area (Å²) in [4.78, 5) is 34.4. The highest BCUT2D eigenvalue weighted by Gasteiger charge is 2.47. The van der Waals surface area contributed by atoms with Crippen molar-refractivity contribution in [3.63, 3.8) is 0 Å². The second-order valence-electron chi connectivity index (χ2n) is 10.9. The predicted octanol–water partition coefficient (Wildman–Crippen LogP) is 4.89. The molecule has 2 amide bonds. The molecule has 3 fully saturated rings. The molecule has 3 heterocycles. The van der Waals surface area contributed by atoms with Gasteiger partial charge in [0.05, 0.1) is 12.4 Å². The lowest BCUT2D eigenvalue weighted by Crippen LogP contribution is -2.56. The predicted molar refractivity (Wildman–Crippen MR) is 145 cm³/mol. The zero-order valence-electron chi connectivity index (χ0n) is 20.9. The number of amides is 2. The maximum atomic E-state index is 13.9. The molecule has 10 heteroatoms. The normalized spacial score (nSPS) is 26.0. The Labute approximate surface area is 229 Å². The van der Waals surface area contributed by atoms with Gasteiger partial charge in [-0.3, -0.25) is 9.36 Å². The average molecular weight is 626 g/mol. The maximum absolute atomic E-state index is 13.9. The Kier molecular flexibility index (Phi) is 7.59. The van der Waals surface area contributed by atoms with E-state index in [1.165, 1.54) is 10.9 Å². The number of nitrogens with two attached hydrogens (primary N) is 1. The molecule has 2 aromatic rings. The van der Waals surface area contributed by atoms with E-state index in [4.69, 9.17) is 5.73 Å². The van der Waals surface area contributed by atoms with E-state index >= 15 is 0 Å². The number of alkyl halides is 3. The second-order valence-corrected chi connectivity index (χ2v) is 12.3. The Morgan fingerprint density at radius 2 is 1.89 bits per heavy atom. The molecule has 1 aromatic carbocycles. The number of likely N-dealkylation sites (tertiary alicyclic amines) is 2. The van der Waals surface area contributed by atoms with Gasteiger partial charge in [-0.25, -0.2) is 9.78 Å². The molecule has 0 radical (unpaired) electrons. The number of rotatable bonds is 4. The van der Waals surface area contributed by atoms with Gasteiger partial charge in [0.1, 0.15) is 5.69 Å². The van der Waals surface area contributed by atoms with Gasteiger partial charge in [-0.15, -0.1) is 0 Å². The van der Waals surface area contributed by atoms with Crippen LogP contribution >= 0.6 is 22.6 Å². The fourth-order valence-corrected chi connectivity index (χ4v) is 6.94. The van der Waals surface area contributed by atoms with Crippen LogP contribution in [0.4, 0.5) is 13.6 Å². The van der Waals surface area contributed by atoms with Crippen LogP contribution in [-0.2, 0) is 10.5 Å². The van der Waals surface area contributed by atoms with Gasteiger partial charge >= 0.3 is 9.96 Å². The minimum Gasteiger partial charge on any atom is -0.328 e. The molecule has 1 aliphatic carbocycles. The van der Waals surface area contributed by atoms with Crippen molar-refractivity contribution in [2.24, 2.45) is 17.1 Å². The van der Waals surface area contributed by atoms with Crippen molar-refractivity contribution in [3.8, 4) is 0 Å². The first-order valence-electron chi connectivity index (χ1n) is 13.2. The molecule has 1 saturated carbocycles. The van der Waals surface area contributed by atoms with Crippen LogP contribution < -0.4 is 11.3 Å². The van der Waals surface area contributed by atoms with Crippen molar-refractivity contribution < 1.29 is 13.6 Å². The quantitative estimate of drug-likeness (QED) is 0.388. The van der Waals surface area contributed by atoms with E-state index in [9.17, 15) is 18.4 Å². The number of benzene rings is 1. The highest BCUT2D eigenvalue weighted by molar-refractivity contribution is 14.1. The molecule has 3 aliphatic rings. The second kappa shape index (κ2) is 10.6. The summed E-state index contributed by atoms with van der Waals surface area (Å²) in [6, 6.07) is 11.2. The van der Waals surface area contributed by atoms with Crippen LogP contribution in [0.1, 0.15) is 62.2 Å². The molecule has 1 aromatic heterocycles. The first-order chi connectivity index (χ1) is 17.7. The smallest absolute Gasteiger partial charge is 0.328 e. The Hall–Kier alpha value is -2.08. The van der Waals surface area contributed by atoms with Crippen LogP contribution in [0.25, 0.3) is 0 Å². The number of urea groups is 1. The van der Waals surface area contributed by atoms with Gasteiger partial charge in [-0.05, 0) is 49.0 Å². The van der Waals surface area contributed by atoms with Crippen molar-refractivity contribution in [1.82, 2.24) is 19.4 Å². The highest BCUT2D eigenvalue weighted by atomic mass is 127. The monoisotopic (exact) mass is 625 g/mol. The third-order valence-corrected chi connectivity index (χ3v) is 9.20. The van der Waals surface area contributed by atoms with E-state index in [-0.39, 0.29) is 29.4 Å². The lowest BCUT2D eigenvalue weighted by molar-refractivity contribution is 0.0213. The molecule has 1 unspecified atom stereocenters. The van der Waals surface area contributed by atoms with Crippen LogP contribution in [0.15, 0.2) is 47.5 Å². The summed E-state index contributed by atoms with van der Waals surface area (Å²) < 4.78 is 25.5. The molecule has 1 spiro atoms. The molecule has 7 nitrogen and oxygen atoms in total. The van der Waals surface area contributed by atoms with Crippen LogP contribution in [0.5, 0.6) is 0 Å². The topological polar surface area (TPSA) is 84.5 Å².